The summed E-state index contributed by atoms with van der Waals surface area (Å²) in [6.45, 7) is 0. The van der Waals surface area contributed by atoms with E-state index in [4.69, 9.17) is 0 Å². The van der Waals surface area contributed by atoms with Crippen LogP contribution in [-0.4, -0.2) is 16.3 Å². The summed E-state index contributed by atoms with van der Waals surface area (Å²) in [5, 5.41) is 19.7. The van der Waals surface area contributed by atoms with Crippen LogP contribution < -0.4 is 0 Å². The van der Waals surface area contributed by atoms with E-state index in [0.29, 0.717) is 5.75 Å². The van der Waals surface area contributed by atoms with Crippen molar-refractivity contribution in [3.8, 4) is 5.75 Å². The van der Waals surface area contributed by atoms with Crippen molar-refractivity contribution in [2.45, 2.75) is 37.2 Å². The molecule has 1 unspecified atom stereocenters. The van der Waals surface area contributed by atoms with Gasteiger partial charge in [-0.2, -0.15) is 0 Å². The maximum Gasteiger partial charge on any atom is 0.119 e. The monoisotopic (exact) mass is 190 g/mol. The molecule has 0 radical (unpaired) electrons. The molecule has 0 aromatic heterocycles. The van der Waals surface area contributed by atoms with E-state index in [9.17, 15) is 10.2 Å². The predicted octanol–water partition coefficient (Wildman–Crippen LogP) is 1.73. The second-order valence-electron chi connectivity index (χ2n) is 4.51. The van der Waals surface area contributed by atoms with Crippen LogP contribution in [0.1, 0.15) is 30.4 Å². The molecule has 1 saturated carbocycles. The largest absolute Gasteiger partial charge is 0.508 e. The number of aromatic hydroxyl groups is 1. The van der Waals surface area contributed by atoms with Crippen molar-refractivity contribution < 1.29 is 10.2 Å². The molecule has 2 nitrogen and oxygen atoms in total. The molecule has 1 spiro atoms. The maximum absolute atomic E-state index is 9.96. The zero-order valence-corrected chi connectivity index (χ0v) is 8.03. The standard InChI is InChI=1S/C12H14O2/c13-10-3-1-2-9-8(10)4-5-11(14)12(9)6-7-12/h1-3,11,13-14H,4-7H2. The highest BCUT2D eigenvalue weighted by atomic mass is 16.3. The smallest absolute Gasteiger partial charge is 0.119 e. The number of phenolic OH excluding ortho intramolecular Hbond substituents is 1. The molecule has 2 N–H and O–H groups in total. The van der Waals surface area contributed by atoms with E-state index in [1.54, 1.807) is 6.07 Å². The summed E-state index contributed by atoms with van der Waals surface area (Å²) in [5.41, 5.74) is 2.26. The van der Waals surface area contributed by atoms with E-state index < -0.39 is 0 Å². The summed E-state index contributed by atoms with van der Waals surface area (Å²) in [4.78, 5) is 0. The first-order chi connectivity index (χ1) is 6.74. The van der Waals surface area contributed by atoms with Gasteiger partial charge >= 0.3 is 0 Å². The fourth-order valence-electron chi connectivity index (χ4n) is 2.78. The predicted molar refractivity (Wildman–Crippen MR) is 53.3 cm³/mol. The van der Waals surface area contributed by atoms with Crippen LogP contribution in [0.5, 0.6) is 5.75 Å². The van der Waals surface area contributed by atoms with Crippen LogP contribution in [0.2, 0.25) is 0 Å². The van der Waals surface area contributed by atoms with Crippen molar-refractivity contribution in [2.75, 3.05) is 0 Å². The van der Waals surface area contributed by atoms with Crippen LogP contribution >= 0.6 is 0 Å². The molecule has 74 valence electrons. The summed E-state index contributed by atoms with van der Waals surface area (Å²) >= 11 is 0. The minimum Gasteiger partial charge on any atom is -0.508 e. The van der Waals surface area contributed by atoms with Gasteiger partial charge in [-0.25, -0.2) is 0 Å². The number of aliphatic hydroxyl groups excluding tert-OH is 1. The summed E-state index contributed by atoms with van der Waals surface area (Å²) in [5.74, 6) is 0.403. The first kappa shape index (κ1) is 8.30. The molecular formula is C12H14O2. The van der Waals surface area contributed by atoms with Crippen molar-refractivity contribution in [1.29, 1.82) is 0 Å². The van der Waals surface area contributed by atoms with Gasteiger partial charge in [-0.1, -0.05) is 12.1 Å². The van der Waals surface area contributed by atoms with Gasteiger partial charge in [0.1, 0.15) is 5.75 Å². The Morgan fingerprint density at radius 3 is 2.79 bits per heavy atom. The third-order valence-corrected chi connectivity index (χ3v) is 3.78. The maximum atomic E-state index is 9.96. The number of rotatable bonds is 0. The molecule has 2 aliphatic rings. The van der Waals surface area contributed by atoms with E-state index in [-0.39, 0.29) is 11.5 Å². The minimum absolute atomic E-state index is 0.00627. The summed E-state index contributed by atoms with van der Waals surface area (Å²) in [7, 11) is 0. The number of fused-ring (bicyclic) bond motifs is 2. The Hall–Kier alpha value is -1.02. The average molecular weight is 190 g/mol. The van der Waals surface area contributed by atoms with Gasteiger partial charge in [-0.3, -0.25) is 0 Å². The SMILES string of the molecule is Oc1cccc2c1CCC(O)C21CC1. The van der Waals surface area contributed by atoms with E-state index >= 15 is 0 Å². The minimum atomic E-state index is -0.197. The molecular weight excluding hydrogens is 176 g/mol. The number of benzene rings is 1. The number of aliphatic hydroxyl groups is 1. The Balaban J connectivity index is 2.18. The lowest BCUT2D eigenvalue weighted by atomic mass is 9.78. The Bertz CT molecular complexity index is 380. The molecule has 1 aromatic carbocycles. The number of hydrogen-bond acceptors (Lipinski definition) is 2. The van der Waals surface area contributed by atoms with E-state index in [1.165, 1.54) is 5.56 Å². The number of hydrogen-bond donors (Lipinski definition) is 2. The van der Waals surface area contributed by atoms with Gasteiger partial charge in [0.25, 0.3) is 0 Å². The topological polar surface area (TPSA) is 40.5 Å². The van der Waals surface area contributed by atoms with Crippen molar-refractivity contribution in [1.82, 2.24) is 0 Å². The van der Waals surface area contributed by atoms with Gasteiger partial charge in [0.15, 0.2) is 0 Å². The quantitative estimate of drug-likeness (QED) is 0.654. The molecule has 0 saturated heterocycles. The lowest BCUT2D eigenvalue weighted by Gasteiger charge is -2.30. The van der Waals surface area contributed by atoms with Gasteiger partial charge in [0.2, 0.25) is 0 Å². The first-order valence-corrected chi connectivity index (χ1v) is 5.23. The molecule has 2 heteroatoms. The van der Waals surface area contributed by atoms with Crippen LogP contribution in [0.25, 0.3) is 0 Å². The molecule has 1 fully saturated rings. The van der Waals surface area contributed by atoms with Gasteiger partial charge in [-0.05, 0) is 42.9 Å². The van der Waals surface area contributed by atoms with Crippen molar-refractivity contribution in [3.63, 3.8) is 0 Å². The Morgan fingerprint density at radius 1 is 1.29 bits per heavy atom. The third kappa shape index (κ3) is 0.894. The molecule has 0 bridgehead atoms. The van der Waals surface area contributed by atoms with Crippen molar-refractivity contribution >= 4 is 0 Å². The van der Waals surface area contributed by atoms with E-state index in [1.807, 2.05) is 6.07 Å². The van der Waals surface area contributed by atoms with E-state index in [0.717, 1.165) is 31.2 Å². The fourth-order valence-corrected chi connectivity index (χ4v) is 2.78. The van der Waals surface area contributed by atoms with Gasteiger partial charge in [-0.15, -0.1) is 0 Å². The second kappa shape index (κ2) is 2.51. The Labute approximate surface area is 83.2 Å². The van der Waals surface area contributed by atoms with Gasteiger partial charge in [0, 0.05) is 5.41 Å². The normalized spacial score (nSPS) is 27.4. The molecule has 0 aliphatic heterocycles. The van der Waals surface area contributed by atoms with E-state index in [2.05, 4.69) is 6.07 Å². The van der Waals surface area contributed by atoms with Crippen molar-refractivity contribution in [2.24, 2.45) is 0 Å². The second-order valence-corrected chi connectivity index (χ2v) is 4.51. The van der Waals surface area contributed by atoms with Crippen LogP contribution in [0.4, 0.5) is 0 Å². The number of phenols is 1. The summed E-state index contributed by atoms with van der Waals surface area (Å²) in [6, 6.07) is 5.68. The Morgan fingerprint density at radius 2 is 2.07 bits per heavy atom. The zero-order valence-electron chi connectivity index (χ0n) is 8.03. The zero-order chi connectivity index (χ0) is 9.76. The van der Waals surface area contributed by atoms with Crippen LogP contribution in [0, 0.1) is 0 Å². The lowest BCUT2D eigenvalue weighted by molar-refractivity contribution is 0.114. The lowest BCUT2D eigenvalue weighted by Crippen LogP contribution is -2.31. The molecule has 2 aliphatic carbocycles. The average Bonchev–Trinajstić information content (AvgIpc) is 2.94. The molecule has 1 aromatic rings. The van der Waals surface area contributed by atoms with Gasteiger partial charge < -0.3 is 10.2 Å². The van der Waals surface area contributed by atoms with Crippen molar-refractivity contribution in [3.05, 3.63) is 29.3 Å². The van der Waals surface area contributed by atoms with Gasteiger partial charge in [0.05, 0.1) is 6.10 Å². The highest BCUT2D eigenvalue weighted by molar-refractivity contribution is 5.49. The van der Waals surface area contributed by atoms with Crippen LogP contribution in [-0.2, 0) is 11.8 Å². The molecule has 3 rings (SSSR count). The fraction of sp³-hybridized carbons (Fsp3) is 0.500. The highest BCUT2D eigenvalue weighted by Crippen LogP contribution is 2.56. The Kier molecular flexibility index (Phi) is 1.49. The molecule has 1 atom stereocenters. The third-order valence-electron chi connectivity index (χ3n) is 3.78. The summed E-state index contributed by atoms with van der Waals surface area (Å²) in [6.07, 6.45) is 3.56. The van der Waals surface area contributed by atoms with Crippen LogP contribution in [0.3, 0.4) is 0 Å². The first-order valence-electron chi connectivity index (χ1n) is 5.23. The molecule has 14 heavy (non-hydrogen) atoms. The summed E-state index contributed by atoms with van der Waals surface area (Å²) < 4.78 is 0. The molecule has 0 heterocycles. The highest BCUT2D eigenvalue weighted by Gasteiger charge is 2.53. The van der Waals surface area contributed by atoms with Crippen LogP contribution in [0.15, 0.2) is 18.2 Å². The molecule has 0 amide bonds.